The molecule has 0 saturated carbocycles. The SMILES string of the molecule is CN1/C(=C\N=Nc2ccc(Cl)cc2)C(C)(C)c2ccccc21. The highest BCUT2D eigenvalue weighted by molar-refractivity contribution is 6.30. The van der Waals surface area contributed by atoms with Gasteiger partial charge in [-0.2, -0.15) is 10.2 Å². The molecule has 3 nitrogen and oxygen atoms in total. The van der Waals surface area contributed by atoms with E-state index in [4.69, 9.17) is 11.6 Å². The summed E-state index contributed by atoms with van der Waals surface area (Å²) in [5.41, 5.74) is 4.37. The first-order valence-electron chi connectivity index (χ1n) is 7.20. The smallest absolute Gasteiger partial charge is 0.0857 e. The molecule has 0 radical (unpaired) electrons. The molecule has 0 atom stereocenters. The number of azo groups is 1. The Hall–Kier alpha value is -2.13. The molecular formula is C18H18ClN3. The molecule has 0 bridgehead atoms. The first-order valence-corrected chi connectivity index (χ1v) is 7.58. The fraction of sp³-hybridized carbons (Fsp3) is 0.222. The van der Waals surface area contributed by atoms with Gasteiger partial charge < -0.3 is 4.90 Å². The number of likely N-dealkylation sites (N-methyl/N-ethyl adjacent to an activating group) is 1. The van der Waals surface area contributed by atoms with Crippen LogP contribution in [0.1, 0.15) is 19.4 Å². The third-order valence-electron chi connectivity index (χ3n) is 4.12. The molecule has 0 fully saturated rings. The first kappa shape index (κ1) is 14.8. The van der Waals surface area contributed by atoms with Crippen molar-refractivity contribution in [3.8, 4) is 0 Å². The summed E-state index contributed by atoms with van der Waals surface area (Å²) in [6.07, 6.45) is 1.84. The fourth-order valence-corrected chi connectivity index (χ4v) is 3.01. The van der Waals surface area contributed by atoms with Crippen LogP contribution in [0.5, 0.6) is 0 Å². The maximum absolute atomic E-state index is 5.87. The summed E-state index contributed by atoms with van der Waals surface area (Å²) < 4.78 is 0. The van der Waals surface area contributed by atoms with Gasteiger partial charge in [-0.15, -0.1) is 0 Å². The van der Waals surface area contributed by atoms with Gasteiger partial charge in [0.05, 0.1) is 11.9 Å². The summed E-state index contributed by atoms with van der Waals surface area (Å²) in [6, 6.07) is 15.8. The van der Waals surface area contributed by atoms with Crippen molar-refractivity contribution in [2.45, 2.75) is 19.3 Å². The molecule has 3 rings (SSSR count). The second kappa shape index (κ2) is 5.58. The zero-order valence-electron chi connectivity index (χ0n) is 12.9. The lowest BCUT2D eigenvalue weighted by atomic mass is 9.84. The lowest BCUT2D eigenvalue weighted by molar-refractivity contribution is 0.637. The summed E-state index contributed by atoms with van der Waals surface area (Å²) in [4.78, 5) is 2.18. The van der Waals surface area contributed by atoms with Crippen molar-refractivity contribution in [3.05, 3.63) is 71.0 Å². The van der Waals surface area contributed by atoms with Gasteiger partial charge in [-0.1, -0.05) is 43.6 Å². The molecule has 2 aromatic carbocycles. The molecule has 0 spiro atoms. The largest absolute Gasteiger partial charge is 0.346 e. The number of fused-ring (bicyclic) bond motifs is 1. The molecule has 0 N–H and O–H groups in total. The Kier molecular flexibility index (Phi) is 3.75. The van der Waals surface area contributed by atoms with E-state index in [2.05, 4.69) is 60.3 Å². The zero-order valence-corrected chi connectivity index (χ0v) is 13.7. The van der Waals surface area contributed by atoms with Crippen molar-refractivity contribution >= 4 is 23.0 Å². The number of halogens is 1. The van der Waals surface area contributed by atoms with Gasteiger partial charge in [-0.3, -0.25) is 0 Å². The van der Waals surface area contributed by atoms with Gasteiger partial charge in [0.15, 0.2) is 0 Å². The Morgan fingerprint density at radius 2 is 1.73 bits per heavy atom. The Bertz CT molecular complexity index is 745. The average Bonchev–Trinajstić information content (AvgIpc) is 2.70. The summed E-state index contributed by atoms with van der Waals surface area (Å²) in [5.74, 6) is 0. The average molecular weight is 312 g/mol. The molecular weight excluding hydrogens is 294 g/mol. The number of anilines is 1. The highest BCUT2D eigenvalue weighted by atomic mass is 35.5. The minimum atomic E-state index is -0.0790. The van der Waals surface area contributed by atoms with Crippen LogP contribution in [0.2, 0.25) is 5.02 Å². The molecule has 1 aliphatic rings. The standard InChI is InChI=1S/C18H18ClN3/c1-18(2)15-6-4-5-7-16(15)22(3)17(18)12-20-21-14-10-8-13(19)9-11-14/h4-12H,1-3H3/b17-12-,21-20?. The van der Waals surface area contributed by atoms with Gasteiger partial charge in [0.1, 0.15) is 0 Å². The van der Waals surface area contributed by atoms with E-state index in [0.717, 1.165) is 11.4 Å². The van der Waals surface area contributed by atoms with E-state index < -0.39 is 0 Å². The van der Waals surface area contributed by atoms with Crippen LogP contribution in [0.15, 0.2) is 70.7 Å². The monoisotopic (exact) mass is 311 g/mol. The molecule has 0 aromatic heterocycles. The van der Waals surface area contributed by atoms with E-state index in [9.17, 15) is 0 Å². The zero-order chi connectivity index (χ0) is 15.7. The summed E-state index contributed by atoms with van der Waals surface area (Å²) in [7, 11) is 2.07. The molecule has 1 aliphatic heterocycles. The lowest BCUT2D eigenvalue weighted by Crippen LogP contribution is -2.22. The van der Waals surface area contributed by atoms with Crippen LogP contribution < -0.4 is 4.90 Å². The predicted molar refractivity (Wildman–Crippen MR) is 91.9 cm³/mol. The van der Waals surface area contributed by atoms with Gasteiger partial charge in [0.25, 0.3) is 0 Å². The first-order chi connectivity index (χ1) is 10.5. The number of hydrogen-bond donors (Lipinski definition) is 0. The minimum Gasteiger partial charge on any atom is -0.346 e. The number of nitrogens with zero attached hydrogens (tertiary/aromatic N) is 3. The Morgan fingerprint density at radius 3 is 2.41 bits per heavy atom. The Balaban J connectivity index is 1.90. The van der Waals surface area contributed by atoms with Gasteiger partial charge in [0, 0.05) is 28.9 Å². The van der Waals surface area contributed by atoms with E-state index >= 15 is 0 Å². The molecule has 0 unspecified atom stereocenters. The van der Waals surface area contributed by atoms with Crippen molar-refractivity contribution in [2.24, 2.45) is 10.2 Å². The fourth-order valence-electron chi connectivity index (χ4n) is 2.89. The van der Waals surface area contributed by atoms with Gasteiger partial charge >= 0.3 is 0 Å². The van der Waals surface area contributed by atoms with Crippen LogP contribution in [-0.2, 0) is 5.41 Å². The number of hydrogen-bond acceptors (Lipinski definition) is 3. The Morgan fingerprint density at radius 1 is 1.05 bits per heavy atom. The van der Waals surface area contributed by atoms with E-state index in [-0.39, 0.29) is 5.41 Å². The second-order valence-corrected chi connectivity index (χ2v) is 6.34. The van der Waals surface area contributed by atoms with Gasteiger partial charge in [-0.25, -0.2) is 0 Å². The van der Waals surface area contributed by atoms with Crippen molar-refractivity contribution in [1.82, 2.24) is 0 Å². The third-order valence-corrected chi connectivity index (χ3v) is 4.37. The van der Waals surface area contributed by atoms with Gasteiger partial charge in [0.2, 0.25) is 0 Å². The van der Waals surface area contributed by atoms with E-state index in [1.165, 1.54) is 11.3 Å². The molecule has 1 heterocycles. The van der Waals surface area contributed by atoms with Crippen LogP contribution in [0.3, 0.4) is 0 Å². The maximum Gasteiger partial charge on any atom is 0.0857 e. The van der Waals surface area contributed by atoms with E-state index in [1.807, 2.05) is 30.5 Å². The molecule has 4 heteroatoms. The highest BCUT2D eigenvalue weighted by Crippen LogP contribution is 2.46. The predicted octanol–water partition coefficient (Wildman–Crippen LogP) is 5.69. The van der Waals surface area contributed by atoms with Crippen molar-refractivity contribution in [1.29, 1.82) is 0 Å². The van der Waals surface area contributed by atoms with Gasteiger partial charge in [-0.05, 0) is 35.9 Å². The summed E-state index contributed by atoms with van der Waals surface area (Å²) >= 11 is 5.87. The molecule has 0 amide bonds. The molecule has 22 heavy (non-hydrogen) atoms. The number of benzene rings is 2. The van der Waals surface area contributed by atoms with Crippen molar-refractivity contribution < 1.29 is 0 Å². The van der Waals surface area contributed by atoms with Crippen LogP contribution in [0, 0.1) is 0 Å². The maximum atomic E-state index is 5.87. The topological polar surface area (TPSA) is 28.0 Å². The number of rotatable bonds is 2. The van der Waals surface area contributed by atoms with Crippen LogP contribution in [-0.4, -0.2) is 7.05 Å². The van der Waals surface area contributed by atoms with E-state index in [1.54, 1.807) is 0 Å². The molecule has 0 saturated heterocycles. The molecule has 112 valence electrons. The molecule has 2 aromatic rings. The normalized spacial score (nSPS) is 18.2. The van der Waals surface area contributed by atoms with Crippen LogP contribution >= 0.6 is 11.6 Å². The van der Waals surface area contributed by atoms with Crippen molar-refractivity contribution in [2.75, 3.05) is 11.9 Å². The summed E-state index contributed by atoms with van der Waals surface area (Å²) in [5, 5.41) is 9.20. The number of allylic oxidation sites excluding steroid dienone is 1. The van der Waals surface area contributed by atoms with E-state index in [0.29, 0.717) is 5.02 Å². The lowest BCUT2D eigenvalue weighted by Gasteiger charge is -2.22. The quantitative estimate of drug-likeness (QED) is 0.654. The summed E-state index contributed by atoms with van der Waals surface area (Å²) in [6.45, 7) is 4.41. The Labute approximate surface area is 135 Å². The second-order valence-electron chi connectivity index (χ2n) is 5.91. The number of para-hydroxylation sites is 1. The molecule has 0 aliphatic carbocycles. The van der Waals surface area contributed by atoms with Crippen LogP contribution in [0.4, 0.5) is 11.4 Å². The minimum absolute atomic E-state index is 0.0790. The highest BCUT2D eigenvalue weighted by Gasteiger charge is 2.38. The third kappa shape index (κ3) is 2.53. The van der Waals surface area contributed by atoms with Crippen LogP contribution in [0.25, 0.3) is 0 Å². The van der Waals surface area contributed by atoms with Crippen molar-refractivity contribution in [3.63, 3.8) is 0 Å².